The zero-order chi connectivity index (χ0) is 10.8. The number of rotatable bonds is 4. The van der Waals surface area contributed by atoms with Gasteiger partial charge in [-0.2, -0.15) is 0 Å². The van der Waals surface area contributed by atoms with E-state index in [1.54, 1.807) is 6.07 Å². The molecule has 1 saturated carbocycles. The van der Waals surface area contributed by atoms with Crippen LogP contribution in [0.15, 0.2) is 12.1 Å². The van der Waals surface area contributed by atoms with E-state index in [4.69, 9.17) is 21.4 Å². The molecule has 0 unspecified atom stereocenters. The average molecular weight is 231 g/mol. The number of ether oxygens (including phenoxy) is 1. The van der Waals surface area contributed by atoms with Crippen molar-refractivity contribution in [1.82, 2.24) is 0 Å². The fraction of sp³-hybridized carbons (Fsp3) is 0.455. The summed E-state index contributed by atoms with van der Waals surface area (Å²) in [5.41, 5.74) is 0.121. The van der Waals surface area contributed by atoms with Gasteiger partial charge in [0, 0.05) is 11.6 Å². The van der Waals surface area contributed by atoms with Crippen LogP contribution in [0.5, 0.6) is 5.75 Å². The maximum absolute atomic E-state index is 13.3. The van der Waals surface area contributed by atoms with Gasteiger partial charge in [-0.3, -0.25) is 0 Å². The van der Waals surface area contributed by atoms with E-state index < -0.39 is 12.4 Å². The van der Waals surface area contributed by atoms with Crippen molar-refractivity contribution in [3.8, 4) is 5.75 Å². The summed E-state index contributed by atoms with van der Waals surface area (Å²) in [6.07, 6.45) is 2.37. The Morgan fingerprint density at radius 3 is 2.73 bits per heavy atom. The Labute approximate surface area is 92.6 Å². The van der Waals surface area contributed by atoms with E-state index in [0.717, 1.165) is 0 Å². The van der Waals surface area contributed by atoms with E-state index in [0.29, 0.717) is 18.3 Å². The molecule has 1 aliphatic carbocycles. The molecule has 0 aliphatic heterocycles. The fourth-order valence-electron chi connectivity index (χ4n) is 1.31. The molecule has 1 fully saturated rings. The van der Waals surface area contributed by atoms with Gasteiger partial charge < -0.3 is 9.84 Å². The molecule has 1 aromatic carbocycles. The molecule has 0 heterocycles. The second-order valence-electron chi connectivity index (χ2n) is 3.78. The standard InChI is InChI=1S/C11H12ClFO2/c12-10-3-8(15-6-7-1-2-7)4-11(13)9(10)5-14/h3-4,7,14H,1-2,5-6H2. The number of aliphatic hydroxyl groups excluding tert-OH is 1. The summed E-state index contributed by atoms with van der Waals surface area (Å²) in [6.45, 7) is 0.224. The molecule has 2 nitrogen and oxygen atoms in total. The second-order valence-corrected chi connectivity index (χ2v) is 4.19. The minimum atomic E-state index is -0.518. The first-order valence-corrected chi connectivity index (χ1v) is 5.30. The average Bonchev–Trinajstić information content (AvgIpc) is 2.97. The summed E-state index contributed by atoms with van der Waals surface area (Å²) in [7, 11) is 0. The molecule has 82 valence electrons. The Morgan fingerprint density at radius 1 is 1.47 bits per heavy atom. The summed E-state index contributed by atoms with van der Waals surface area (Å²) in [6, 6.07) is 2.80. The van der Waals surface area contributed by atoms with Gasteiger partial charge in [0.25, 0.3) is 0 Å². The van der Waals surface area contributed by atoms with Crippen molar-refractivity contribution in [2.75, 3.05) is 6.61 Å². The van der Waals surface area contributed by atoms with E-state index in [9.17, 15) is 4.39 Å². The summed E-state index contributed by atoms with van der Waals surface area (Å²) in [4.78, 5) is 0. The number of aliphatic hydroxyl groups is 1. The molecular formula is C11H12ClFO2. The number of halogens is 2. The lowest BCUT2D eigenvalue weighted by atomic mass is 10.2. The summed E-state index contributed by atoms with van der Waals surface area (Å²) < 4.78 is 18.7. The van der Waals surface area contributed by atoms with Gasteiger partial charge in [-0.25, -0.2) is 4.39 Å². The Kier molecular flexibility index (Phi) is 3.12. The third-order valence-electron chi connectivity index (χ3n) is 2.46. The van der Waals surface area contributed by atoms with Crippen LogP contribution in [-0.2, 0) is 6.61 Å². The van der Waals surface area contributed by atoms with Crippen molar-refractivity contribution in [2.45, 2.75) is 19.4 Å². The fourth-order valence-corrected chi connectivity index (χ4v) is 1.57. The maximum Gasteiger partial charge on any atom is 0.133 e. The van der Waals surface area contributed by atoms with E-state index >= 15 is 0 Å². The Hall–Kier alpha value is -0.800. The molecule has 0 radical (unpaired) electrons. The van der Waals surface area contributed by atoms with Crippen molar-refractivity contribution < 1.29 is 14.2 Å². The highest BCUT2D eigenvalue weighted by Gasteiger charge is 2.22. The Balaban J connectivity index is 2.10. The highest BCUT2D eigenvalue weighted by Crippen LogP contribution is 2.31. The van der Waals surface area contributed by atoms with Crippen LogP contribution >= 0.6 is 11.6 Å². The van der Waals surface area contributed by atoms with E-state index in [-0.39, 0.29) is 10.6 Å². The van der Waals surface area contributed by atoms with Gasteiger partial charge in [0.2, 0.25) is 0 Å². The molecule has 2 rings (SSSR count). The highest BCUT2D eigenvalue weighted by molar-refractivity contribution is 6.31. The van der Waals surface area contributed by atoms with Gasteiger partial charge in [0.05, 0.1) is 18.2 Å². The lowest BCUT2D eigenvalue weighted by molar-refractivity contribution is 0.273. The molecule has 0 aromatic heterocycles. The summed E-state index contributed by atoms with van der Waals surface area (Å²) >= 11 is 5.79. The minimum absolute atomic E-state index is 0.121. The normalized spacial score (nSPS) is 15.4. The molecule has 4 heteroatoms. The predicted octanol–water partition coefficient (Wildman–Crippen LogP) is 2.76. The third-order valence-corrected chi connectivity index (χ3v) is 2.79. The van der Waals surface area contributed by atoms with E-state index in [2.05, 4.69) is 0 Å². The quantitative estimate of drug-likeness (QED) is 0.862. The molecule has 1 N–H and O–H groups in total. The van der Waals surface area contributed by atoms with Crippen LogP contribution in [0.2, 0.25) is 5.02 Å². The minimum Gasteiger partial charge on any atom is -0.493 e. The molecule has 1 aliphatic rings. The topological polar surface area (TPSA) is 29.5 Å². The highest BCUT2D eigenvalue weighted by atomic mass is 35.5. The molecular weight excluding hydrogens is 219 g/mol. The Bertz CT molecular complexity index is 341. The van der Waals surface area contributed by atoms with Gasteiger partial charge >= 0.3 is 0 Å². The van der Waals surface area contributed by atoms with Gasteiger partial charge in [-0.1, -0.05) is 11.6 Å². The zero-order valence-electron chi connectivity index (χ0n) is 8.17. The first kappa shape index (κ1) is 10.7. The van der Waals surface area contributed by atoms with Crippen LogP contribution in [0, 0.1) is 11.7 Å². The molecule has 0 amide bonds. The van der Waals surface area contributed by atoms with Gasteiger partial charge in [-0.15, -0.1) is 0 Å². The molecule has 0 atom stereocenters. The van der Waals surface area contributed by atoms with Crippen molar-refractivity contribution >= 4 is 11.6 Å². The predicted molar refractivity (Wildman–Crippen MR) is 55.6 cm³/mol. The maximum atomic E-state index is 13.3. The Morgan fingerprint density at radius 2 is 2.20 bits per heavy atom. The van der Waals surface area contributed by atoms with E-state index in [1.807, 2.05) is 0 Å². The number of hydrogen-bond acceptors (Lipinski definition) is 2. The van der Waals surface area contributed by atoms with Crippen molar-refractivity contribution in [3.63, 3.8) is 0 Å². The second kappa shape index (κ2) is 4.37. The molecule has 0 saturated heterocycles. The number of hydrogen-bond donors (Lipinski definition) is 1. The van der Waals surface area contributed by atoms with Crippen molar-refractivity contribution in [1.29, 1.82) is 0 Å². The van der Waals surface area contributed by atoms with Crippen molar-refractivity contribution in [2.24, 2.45) is 5.92 Å². The molecule has 0 spiro atoms. The van der Waals surface area contributed by atoms with Crippen LogP contribution < -0.4 is 4.74 Å². The van der Waals surface area contributed by atoms with E-state index in [1.165, 1.54) is 18.9 Å². The summed E-state index contributed by atoms with van der Waals surface area (Å²) in [5, 5.41) is 9.06. The summed E-state index contributed by atoms with van der Waals surface area (Å²) in [5.74, 6) is 0.529. The largest absolute Gasteiger partial charge is 0.493 e. The zero-order valence-corrected chi connectivity index (χ0v) is 8.93. The lowest BCUT2D eigenvalue weighted by Crippen LogP contribution is -2.00. The van der Waals surface area contributed by atoms with Crippen LogP contribution in [-0.4, -0.2) is 11.7 Å². The van der Waals surface area contributed by atoms with Crippen LogP contribution in [0.4, 0.5) is 4.39 Å². The van der Waals surface area contributed by atoms with Gasteiger partial charge in [-0.05, 0) is 24.8 Å². The smallest absolute Gasteiger partial charge is 0.133 e. The first-order chi connectivity index (χ1) is 7.20. The van der Waals surface area contributed by atoms with Crippen molar-refractivity contribution in [3.05, 3.63) is 28.5 Å². The van der Waals surface area contributed by atoms with Crippen LogP contribution in [0.25, 0.3) is 0 Å². The van der Waals surface area contributed by atoms with Gasteiger partial charge in [0.15, 0.2) is 0 Å². The lowest BCUT2D eigenvalue weighted by Gasteiger charge is -2.08. The molecule has 1 aromatic rings. The van der Waals surface area contributed by atoms with Crippen LogP contribution in [0.3, 0.4) is 0 Å². The van der Waals surface area contributed by atoms with Gasteiger partial charge in [0.1, 0.15) is 11.6 Å². The monoisotopic (exact) mass is 230 g/mol. The molecule has 0 bridgehead atoms. The molecule has 15 heavy (non-hydrogen) atoms. The SMILES string of the molecule is OCc1c(F)cc(OCC2CC2)cc1Cl. The number of benzene rings is 1. The first-order valence-electron chi connectivity index (χ1n) is 4.92. The third kappa shape index (κ3) is 2.61. The van der Waals surface area contributed by atoms with Crippen LogP contribution in [0.1, 0.15) is 18.4 Å².